The fraction of sp³-hybridized carbons (Fsp3) is 0.400. The van der Waals surface area contributed by atoms with Crippen molar-refractivity contribution in [2.24, 2.45) is 5.41 Å². The summed E-state index contributed by atoms with van der Waals surface area (Å²) in [5, 5.41) is 0.423. The number of ether oxygens (including phenoxy) is 2. The second kappa shape index (κ2) is 6.49. The molecule has 102 valence electrons. The van der Waals surface area contributed by atoms with Crippen LogP contribution in [0.2, 0.25) is 5.02 Å². The van der Waals surface area contributed by atoms with Crippen molar-refractivity contribution in [3.63, 3.8) is 0 Å². The quantitative estimate of drug-likeness (QED) is 0.624. The van der Waals surface area contributed by atoms with E-state index < -0.39 is 0 Å². The van der Waals surface area contributed by atoms with Gasteiger partial charge in [-0.3, -0.25) is 4.79 Å². The molecule has 0 amide bonds. The van der Waals surface area contributed by atoms with E-state index in [-0.39, 0.29) is 12.0 Å². The first kappa shape index (κ1) is 15.4. The number of rotatable bonds is 4. The van der Waals surface area contributed by atoms with Crippen LogP contribution >= 0.6 is 11.6 Å². The molecule has 0 aliphatic rings. The van der Waals surface area contributed by atoms with E-state index in [4.69, 9.17) is 21.1 Å². The van der Waals surface area contributed by atoms with E-state index in [1.54, 1.807) is 6.07 Å². The Morgan fingerprint density at radius 3 is 2.58 bits per heavy atom. The molecule has 4 heteroatoms. The lowest BCUT2D eigenvalue weighted by Gasteiger charge is -2.12. The molecule has 19 heavy (non-hydrogen) atoms. The lowest BCUT2D eigenvalue weighted by atomic mass is 9.98. The highest BCUT2D eigenvalue weighted by molar-refractivity contribution is 6.31. The summed E-state index contributed by atoms with van der Waals surface area (Å²) < 4.78 is 10.7. The molecule has 0 aliphatic carbocycles. The van der Waals surface area contributed by atoms with E-state index in [9.17, 15) is 4.79 Å². The van der Waals surface area contributed by atoms with Crippen LogP contribution in [0, 0.1) is 17.3 Å². The molecule has 0 bridgehead atoms. The monoisotopic (exact) mass is 280 g/mol. The largest absolute Gasteiger partial charge is 0.493 e. The van der Waals surface area contributed by atoms with E-state index in [0.29, 0.717) is 28.4 Å². The minimum atomic E-state index is -0.0824. The van der Waals surface area contributed by atoms with Crippen molar-refractivity contribution in [2.75, 3.05) is 13.7 Å². The van der Waals surface area contributed by atoms with E-state index in [1.807, 2.05) is 20.8 Å². The second-order valence-electron chi connectivity index (χ2n) is 4.98. The summed E-state index contributed by atoms with van der Waals surface area (Å²) in [4.78, 5) is 11.0. The molecule has 0 N–H and O–H groups in total. The molecule has 0 heterocycles. The molecule has 0 atom stereocenters. The number of aldehydes is 1. The van der Waals surface area contributed by atoms with Crippen molar-refractivity contribution in [1.29, 1.82) is 0 Å². The van der Waals surface area contributed by atoms with Gasteiger partial charge in [-0.2, -0.15) is 0 Å². The first-order chi connectivity index (χ1) is 8.87. The van der Waals surface area contributed by atoms with Crippen LogP contribution in [0.15, 0.2) is 12.1 Å². The highest BCUT2D eigenvalue weighted by atomic mass is 35.5. The molecule has 0 saturated carbocycles. The molecular formula is C15H17ClO3. The number of methoxy groups -OCH3 is 1. The standard InChI is InChI=1S/C15H17ClO3/c1-15(2,3)6-5-7-19-14-11(10-17)8-12(16)9-13(14)18-4/h8-10H,7H2,1-4H3. The molecule has 3 nitrogen and oxygen atoms in total. The molecule has 0 unspecified atom stereocenters. The molecule has 1 aromatic carbocycles. The van der Waals surface area contributed by atoms with Crippen molar-refractivity contribution in [2.45, 2.75) is 20.8 Å². The van der Waals surface area contributed by atoms with Gasteiger partial charge in [-0.1, -0.05) is 23.4 Å². The normalized spacial score (nSPS) is 10.4. The smallest absolute Gasteiger partial charge is 0.173 e. The summed E-state index contributed by atoms with van der Waals surface area (Å²) in [6, 6.07) is 3.13. The molecular weight excluding hydrogens is 264 g/mol. The fourth-order valence-electron chi connectivity index (χ4n) is 1.39. The van der Waals surface area contributed by atoms with Crippen LogP contribution in [0.3, 0.4) is 0 Å². The predicted octanol–water partition coefficient (Wildman–Crippen LogP) is 3.59. The first-order valence-corrected chi connectivity index (χ1v) is 6.20. The van der Waals surface area contributed by atoms with Gasteiger partial charge in [-0.15, -0.1) is 0 Å². The van der Waals surface area contributed by atoms with Gasteiger partial charge in [0.15, 0.2) is 17.8 Å². The lowest BCUT2D eigenvalue weighted by molar-refractivity contribution is 0.111. The minimum absolute atomic E-state index is 0.0824. The number of benzene rings is 1. The van der Waals surface area contributed by atoms with Gasteiger partial charge in [0, 0.05) is 16.5 Å². The Balaban J connectivity index is 2.93. The zero-order chi connectivity index (χ0) is 14.5. The molecule has 0 radical (unpaired) electrons. The van der Waals surface area contributed by atoms with E-state index in [0.717, 1.165) is 0 Å². The Kier molecular flexibility index (Phi) is 5.26. The topological polar surface area (TPSA) is 35.5 Å². The van der Waals surface area contributed by atoms with Crippen LogP contribution in [-0.4, -0.2) is 20.0 Å². The molecule has 0 spiro atoms. The van der Waals surface area contributed by atoms with Crippen LogP contribution in [0.1, 0.15) is 31.1 Å². The Labute approximate surface area is 118 Å². The van der Waals surface area contributed by atoms with E-state index in [2.05, 4.69) is 11.8 Å². The SMILES string of the molecule is COc1cc(Cl)cc(C=O)c1OCC#CC(C)(C)C. The Bertz CT molecular complexity index is 519. The van der Waals surface area contributed by atoms with E-state index in [1.165, 1.54) is 13.2 Å². The van der Waals surface area contributed by atoms with Crippen LogP contribution in [0.4, 0.5) is 0 Å². The van der Waals surface area contributed by atoms with Crippen LogP contribution in [0.25, 0.3) is 0 Å². The van der Waals surface area contributed by atoms with Gasteiger partial charge in [0.05, 0.1) is 12.7 Å². The van der Waals surface area contributed by atoms with Crippen LogP contribution in [-0.2, 0) is 0 Å². The maximum absolute atomic E-state index is 11.0. The zero-order valence-electron chi connectivity index (χ0n) is 11.5. The van der Waals surface area contributed by atoms with Gasteiger partial charge >= 0.3 is 0 Å². The summed E-state index contributed by atoms with van der Waals surface area (Å²) >= 11 is 5.88. The fourth-order valence-corrected chi connectivity index (χ4v) is 1.61. The maximum Gasteiger partial charge on any atom is 0.173 e. The van der Waals surface area contributed by atoms with Gasteiger partial charge in [0.1, 0.15) is 6.61 Å². The number of hydrogen-bond acceptors (Lipinski definition) is 3. The number of halogens is 1. The first-order valence-electron chi connectivity index (χ1n) is 5.83. The number of carbonyl (C=O) groups excluding carboxylic acids is 1. The Morgan fingerprint density at radius 2 is 2.05 bits per heavy atom. The lowest BCUT2D eigenvalue weighted by Crippen LogP contribution is -2.03. The average Bonchev–Trinajstić information content (AvgIpc) is 2.33. The van der Waals surface area contributed by atoms with Crippen molar-refractivity contribution in [1.82, 2.24) is 0 Å². The predicted molar refractivity (Wildman–Crippen MR) is 76.1 cm³/mol. The third-order valence-corrected chi connectivity index (χ3v) is 2.37. The summed E-state index contributed by atoms with van der Waals surface area (Å²) in [6.45, 7) is 6.23. The highest BCUT2D eigenvalue weighted by Crippen LogP contribution is 2.33. The van der Waals surface area contributed by atoms with Crippen molar-refractivity contribution >= 4 is 17.9 Å². The summed E-state index contributed by atoms with van der Waals surface area (Å²) in [5.41, 5.74) is 0.267. The van der Waals surface area contributed by atoms with Crippen molar-refractivity contribution < 1.29 is 14.3 Å². The maximum atomic E-state index is 11.0. The summed E-state index contributed by atoms with van der Waals surface area (Å²) in [7, 11) is 1.49. The zero-order valence-corrected chi connectivity index (χ0v) is 12.3. The molecule has 1 rings (SSSR count). The minimum Gasteiger partial charge on any atom is -0.493 e. The molecule has 0 fully saturated rings. The molecule has 0 aliphatic heterocycles. The third-order valence-electron chi connectivity index (χ3n) is 2.15. The van der Waals surface area contributed by atoms with Gasteiger partial charge < -0.3 is 9.47 Å². The van der Waals surface area contributed by atoms with Gasteiger partial charge in [0.2, 0.25) is 0 Å². The van der Waals surface area contributed by atoms with Crippen molar-refractivity contribution in [3.8, 4) is 23.3 Å². The van der Waals surface area contributed by atoms with Gasteiger partial charge in [0.25, 0.3) is 0 Å². The number of hydrogen-bond donors (Lipinski definition) is 0. The van der Waals surface area contributed by atoms with E-state index >= 15 is 0 Å². The second-order valence-corrected chi connectivity index (χ2v) is 5.42. The molecule has 0 saturated heterocycles. The molecule has 0 aromatic heterocycles. The van der Waals surface area contributed by atoms with Crippen molar-refractivity contribution in [3.05, 3.63) is 22.7 Å². The van der Waals surface area contributed by atoms with Crippen LogP contribution in [0.5, 0.6) is 11.5 Å². The highest BCUT2D eigenvalue weighted by Gasteiger charge is 2.12. The third kappa shape index (κ3) is 4.84. The Morgan fingerprint density at radius 1 is 1.37 bits per heavy atom. The van der Waals surface area contributed by atoms with Gasteiger partial charge in [-0.05, 0) is 26.8 Å². The average molecular weight is 281 g/mol. The Hall–Kier alpha value is -1.66. The van der Waals surface area contributed by atoms with Gasteiger partial charge in [-0.25, -0.2) is 0 Å². The number of carbonyl (C=O) groups is 1. The molecule has 1 aromatic rings. The summed E-state index contributed by atoms with van der Waals surface area (Å²) in [5.74, 6) is 6.75. The van der Waals surface area contributed by atoms with Crippen LogP contribution < -0.4 is 9.47 Å². The summed E-state index contributed by atoms with van der Waals surface area (Å²) in [6.07, 6.45) is 0.681.